The van der Waals surface area contributed by atoms with Crippen molar-refractivity contribution in [2.24, 2.45) is 17.1 Å². The molecular weight excluding hydrogens is 244 g/mol. The van der Waals surface area contributed by atoms with Crippen LogP contribution in [0.5, 0.6) is 0 Å². The quantitative estimate of drug-likeness (QED) is 0.865. The summed E-state index contributed by atoms with van der Waals surface area (Å²) in [6, 6.07) is 2.51. The van der Waals surface area contributed by atoms with Gasteiger partial charge in [0.05, 0.1) is 0 Å². The van der Waals surface area contributed by atoms with Gasteiger partial charge in [-0.1, -0.05) is 39.5 Å². The molecule has 0 aliphatic heterocycles. The number of rotatable bonds is 4. The second-order valence-corrected chi connectivity index (χ2v) is 7.86. The highest BCUT2D eigenvalue weighted by Crippen LogP contribution is 2.40. The van der Waals surface area contributed by atoms with Crippen LogP contribution < -0.4 is 5.73 Å². The Kier molecular flexibility index (Phi) is 3.94. The summed E-state index contributed by atoms with van der Waals surface area (Å²) < 4.78 is 2.49. The van der Waals surface area contributed by atoms with E-state index >= 15 is 0 Å². The van der Waals surface area contributed by atoms with Gasteiger partial charge in [-0.2, -0.15) is 0 Å². The monoisotopic (exact) mass is 274 g/mol. The summed E-state index contributed by atoms with van der Waals surface area (Å²) in [5.41, 5.74) is 9.63. The van der Waals surface area contributed by atoms with Crippen LogP contribution in [0.3, 0.4) is 0 Å². The van der Waals surface area contributed by atoms with Crippen molar-refractivity contribution in [3.63, 3.8) is 0 Å². The maximum Gasteiger partial charge on any atom is 0.0318 e. The molecule has 0 spiro atoms. The van der Waals surface area contributed by atoms with Crippen molar-refractivity contribution in [2.45, 2.75) is 77.8 Å². The Bertz CT molecular complexity index is 452. The van der Waals surface area contributed by atoms with Crippen LogP contribution in [0.2, 0.25) is 0 Å². The predicted molar refractivity (Wildman–Crippen MR) is 84.7 cm³/mol. The summed E-state index contributed by atoms with van der Waals surface area (Å²) in [7, 11) is 0. The molecule has 3 rings (SSSR count). The summed E-state index contributed by atoms with van der Waals surface area (Å²) in [6.45, 7) is 5.89. The molecule has 1 atom stereocenters. The van der Waals surface area contributed by atoms with Gasteiger partial charge in [0.25, 0.3) is 0 Å². The van der Waals surface area contributed by atoms with Crippen LogP contribution in [0.25, 0.3) is 0 Å². The first kappa shape index (κ1) is 14.2. The zero-order valence-electron chi connectivity index (χ0n) is 13.2. The van der Waals surface area contributed by atoms with Crippen molar-refractivity contribution in [2.75, 3.05) is 0 Å². The molecule has 0 radical (unpaired) electrons. The number of aryl methyl sites for hydroxylation is 1. The minimum Gasteiger partial charge on any atom is -0.351 e. The van der Waals surface area contributed by atoms with Crippen LogP contribution in [0.15, 0.2) is 12.3 Å². The van der Waals surface area contributed by atoms with E-state index in [9.17, 15) is 0 Å². The van der Waals surface area contributed by atoms with Gasteiger partial charge in [-0.05, 0) is 48.6 Å². The van der Waals surface area contributed by atoms with E-state index in [0.717, 1.165) is 12.3 Å². The summed E-state index contributed by atoms with van der Waals surface area (Å²) in [6.07, 6.45) is 13.2. The zero-order valence-corrected chi connectivity index (χ0v) is 13.2. The Morgan fingerprint density at radius 1 is 1.30 bits per heavy atom. The largest absolute Gasteiger partial charge is 0.351 e. The van der Waals surface area contributed by atoms with Gasteiger partial charge in [0, 0.05) is 24.5 Å². The van der Waals surface area contributed by atoms with Crippen LogP contribution in [0.1, 0.15) is 76.1 Å². The van der Waals surface area contributed by atoms with Crippen molar-refractivity contribution >= 4 is 0 Å². The van der Waals surface area contributed by atoms with Gasteiger partial charge >= 0.3 is 0 Å². The molecule has 2 aliphatic carbocycles. The van der Waals surface area contributed by atoms with Gasteiger partial charge in [0.1, 0.15) is 0 Å². The van der Waals surface area contributed by atoms with Crippen molar-refractivity contribution in [3.05, 3.63) is 23.5 Å². The molecule has 1 aromatic rings. The number of hydrogen-bond acceptors (Lipinski definition) is 1. The second-order valence-electron chi connectivity index (χ2n) is 7.86. The van der Waals surface area contributed by atoms with Crippen LogP contribution in [-0.4, -0.2) is 4.57 Å². The fourth-order valence-corrected chi connectivity index (χ4v) is 4.35. The molecule has 2 nitrogen and oxygen atoms in total. The van der Waals surface area contributed by atoms with Crippen molar-refractivity contribution in [3.8, 4) is 0 Å². The molecule has 1 saturated carbocycles. The molecular formula is C18H30N2. The number of hydrogen-bond donors (Lipinski definition) is 1. The third kappa shape index (κ3) is 2.95. The molecule has 1 unspecified atom stereocenters. The summed E-state index contributed by atoms with van der Waals surface area (Å²) in [4.78, 5) is 0. The molecule has 20 heavy (non-hydrogen) atoms. The molecule has 2 N–H and O–H groups in total. The topological polar surface area (TPSA) is 30.9 Å². The molecule has 0 aromatic carbocycles. The van der Waals surface area contributed by atoms with E-state index in [1.54, 1.807) is 0 Å². The highest BCUT2D eigenvalue weighted by Gasteiger charge is 2.32. The Labute approximate surface area is 123 Å². The van der Waals surface area contributed by atoms with Crippen molar-refractivity contribution in [1.82, 2.24) is 4.57 Å². The third-order valence-corrected chi connectivity index (χ3v) is 5.42. The maximum atomic E-state index is 6.35. The summed E-state index contributed by atoms with van der Waals surface area (Å²) in [5, 5.41) is 0. The van der Waals surface area contributed by atoms with E-state index in [0.29, 0.717) is 5.41 Å². The lowest BCUT2D eigenvalue weighted by atomic mass is 9.74. The van der Waals surface area contributed by atoms with Crippen LogP contribution in [0.4, 0.5) is 0 Å². The van der Waals surface area contributed by atoms with Crippen LogP contribution in [-0.2, 0) is 13.0 Å². The predicted octanol–water partition coefficient (Wildman–Crippen LogP) is 4.43. The first-order chi connectivity index (χ1) is 9.55. The molecule has 2 aliphatic rings. The lowest BCUT2D eigenvalue weighted by Crippen LogP contribution is -2.30. The summed E-state index contributed by atoms with van der Waals surface area (Å²) in [5.74, 6) is 1.01. The fourth-order valence-electron chi connectivity index (χ4n) is 4.35. The van der Waals surface area contributed by atoms with Crippen LogP contribution in [0, 0.1) is 11.3 Å². The second kappa shape index (κ2) is 5.55. The average molecular weight is 274 g/mol. The highest BCUT2D eigenvalue weighted by atomic mass is 15.0. The van der Waals surface area contributed by atoms with Gasteiger partial charge in [0.15, 0.2) is 0 Å². The molecule has 1 aromatic heterocycles. The Balaban J connectivity index is 1.63. The van der Waals surface area contributed by atoms with Crippen molar-refractivity contribution in [1.29, 1.82) is 0 Å². The molecule has 1 heterocycles. The highest BCUT2D eigenvalue weighted by molar-refractivity contribution is 5.30. The standard InChI is InChI=1S/C18H30N2/c1-18(2)12-16(19)15-9-11-20(17(15)13-18)10-5-8-14-6-3-4-7-14/h9,11,14,16H,3-8,10,12-13,19H2,1-2H3. The Morgan fingerprint density at radius 2 is 2.05 bits per heavy atom. The number of fused-ring (bicyclic) bond motifs is 1. The molecule has 2 heteroatoms. The third-order valence-electron chi connectivity index (χ3n) is 5.42. The summed E-state index contributed by atoms with van der Waals surface area (Å²) >= 11 is 0. The van der Waals surface area contributed by atoms with E-state index in [2.05, 4.69) is 30.7 Å². The normalized spacial score (nSPS) is 25.9. The Hall–Kier alpha value is -0.760. The van der Waals surface area contributed by atoms with Gasteiger partial charge in [0.2, 0.25) is 0 Å². The van der Waals surface area contributed by atoms with Crippen LogP contribution >= 0.6 is 0 Å². The van der Waals surface area contributed by atoms with E-state index in [1.165, 1.54) is 62.7 Å². The van der Waals surface area contributed by atoms with Gasteiger partial charge < -0.3 is 10.3 Å². The number of nitrogens with zero attached hydrogens (tertiary/aromatic N) is 1. The first-order valence-electron chi connectivity index (χ1n) is 8.49. The van der Waals surface area contributed by atoms with Gasteiger partial charge in [-0.3, -0.25) is 0 Å². The maximum absolute atomic E-state index is 6.35. The SMILES string of the molecule is CC1(C)Cc2c(ccn2CCCC2CCCC2)C(N)C1. The lowest BCUT2D eigenvalue weighted by Gasteiger charge is -2.34. The van der Waals surface area contributed by atoms with E-state index in [1.807, 2.05) is 0 Å². The smallest absolute Gasteiger partial charge is 0.0318 e. The van der Waals surface area contributed by atoms with Gasteiger partial charge in [-0.25, -0.2) is 0 Å². The molecule has 1 fully saturated rings. The number of nitrogens with two attached hydrogens (primary N) is 1. The molecule has 0 amide bonds. The lowest BCUT2D eigenvalue weighted by molar-refractivity contribution is 0.274. The minimum absolute atomic E-state index is 0.241. The fraction of sp³-hybridized carbons (Fsp3) is 0.778. The van der Waals surface area contributed by atoms with E-state index in [4.69, 9.17) is 5.73 Å². The van der Waals surface area contributed by atoms with Gasteiger partial charge in [-0.15, -0.1) is 0 Å². The first-order valence-corrected chi connectivity index (χ1v) is 8.49. The zero-order chi connectivity index (χ0) is 14.2. The van der Waals surface area contributed by atoms with Crippen molar-refractivity contribution < 1.29 is 0 Å². The number of aromatic nitrogens is 1. The molecule has 112 valence electrons. The Morgan fingerprint density at radius 3 is 2.80 bits per heavy atom. The average Bonchev–Trinajstić information content (AvgIpc) is 2.98. The molecule has 0 bridgehead atoms. The minimum atomic E-state index is 0.241. The molecule has 0 saturated heterocycles. The van der Waals surface area contributed by atoms with E-state index < -0.39 is 0 Å². The van der Waals surface area contributed by atoms with E-state index in [-0.39, 0.29) is 6.04 Å².